The molecule has 2 aliphatic rings. The Bertz CT molecular complexity index is 954. The lowest BCUT2D eigenvalue weighted by Crippen LogP contribution is -2.47. The van der Waals surface area contributed by atoms with Crippen molar-refractivity contribution >= 4 is 38.6 Å². The van der Waals surface area contributed by atoms with Gasteiger partial charge in [0.2, 0.25) is 5.91 Å². The fraction of sp³-hybridized carbons (Fsp3) is 0.550. The van der Waals surface area contributed by atoms with E-state index in [1.54, 1.807) is 0 Å². The number of hydrogen-bond acceptors (Lipinski definition) is 7. The monoisotopic (exact) mass is 438 g/mol. The molecular weight excluding hydrogens is 414 g/mol. The number of ether oxygens (including phenoxy) is 1. The SMILES string of the molecule is COC(=O)CN1CCC(N2CCCC(C(=O)Nc3nc4c(F)cc(F)cc4s3)C2)C1. The summed E-state index contributed by atoms with van der Waals surface area (Å²) in [5.74, 6) is -1.98. The summed E-state index contributed by atoms with van der Waals surface area (Å²) < 4.78 is 32.4. The highest BCUT2D eigenvalue weighted by atomic mass is 32.1. The maximum Gasteiger partial charge on any atom is 0.319 e. The molecule has 3 heterocycles. The molecule has 30 heavy (non-hydrogen) atoms. The first-order chi connectivity index (χ1) is 14.4. The molecule has 1 N–H and O–H groups in total. The molecule has 2 atom stereocenters. The highest BCUT2D eigenvalue weighted by Gasteiger charge is 2.34. The lowest BCUT2D eigenvalue weighted by molar-refractivity contribution is -0.141. The first-order valence-electron chi connectivity index (χ1n) is 10.0. The van der Waals surface area contributed by atoms with Crippen LogP contribution in [0.3, 0.4) is 0 Å². The van der Waals surface area contributed by atoms with Crippen LogP contribution in [-0.4, -0.2) is 72.5 Å². The van der Waals surface area contributed by atoms with Crippen molar-refractivity contribution in [1.82, 2.24) is 14.8 Å². The summed E-state index contributed by atoms with van der Waals surface area (Å²) in [6.07, 6.45) is 2.63. The van der Waals surface area contributed by atoms with Gasteiger partial charge in [-0.3, -0.25) is 19.4 Å². The molecule has 1 amide bonds. The van der Waals surface area contributed by atoms with E-state index in [0.717, 1.165) is 56.3 Å². The van der Waals surface area contributed by atoms with Gasteiger partial charge in [-0.2, -0.15) is 0 Å². The number of fused-ring (bicyclic) bond motifs is 1. The van der Waals surface area contributed by atoms with Gasteiger partial charge in [-0.25, -0.2) is 13.8 Å². The summed E-state index contributed by atoms with van der Waals surface area (Å²) in [6, 6.07) is 2.32. The van der Waals surface area contributed by atoms with Gasteiger partial charge in [0.25, 0.3) is 0 Å². The average Bonchev–Trinajstić information content (AvgIpc) is 3.35. The van der Waals surface area contributed by atoms with Gasteiger partial charge < -0.3 is 10.1 Å². The Morgan fingerprint density at radius 3 is 2.90 bits per heavy atom. The second-order valence-electron chi connectivity index (χ2n) is 7.83. The third-order valence-corrected chi connectivity index (χ3v) is 6.73. The van der Waals surface area contributed by atoms with E-state index in [1.165, 1.54) is 13.2 Å². The van der Waals surface area contributed by atoms with Crippen molar-refractivity contribution in [1.29, 1.82) is 0 Å². The fourth-order valence-corrected chi connectivity index (χ4v) is 5.18. The zero-order valence-corrected chi connectivity index (χ0v) is 17.5. The van der Waals surface area contributed by atoms with Crippen LogP contribution in [0.1, 0.15) is 19.3 Å². The van der Waals surface area contributed by atoms with Crippen molar-refractivity contribution in [3.05, 3.63) is 23.8 Å². The van der Waals surface area contributed by atoms with Gasteiger partial charge in [0.05, 0.1) is 24.3 Å². The second-order valence-corrected chi connectivity index (χ2v) is 8.86. The first kappa shape index (κ1) is 21.1. The van der Waals surface area contributed by atoms with Gasteiger partial charge in [0.15, 0.2) is 10.9 Å². The molecule has 2 aromatic rings. The number of methoxy groups -OCH3 is 1. The number of esters is 1. The number of rotatable bonds is 5. The number of nitrogens with zero attached hydrogens (tertiary/aromatic N) is 3. The Morgan fingerprint density at radius 1 is 1.27 bits per heavy atom. The van der Waals surface area contributed by atoms with Crippen LogP contribution < -0.4 is 5.32 Å². The van der Waals surface area contributed by atoms with Crippen molar-refractivity contribution in [2.75, 3.05) is 45.2 Å². The van der Waals surface area contributed by atoms with Crippen LogP contribution >= 0.6 is 11.3 Å². The number of halogens is 2. The van der Waals surface area contributed by atoms with Crippen molar-refractivity contribution in [3.8, 4) is 0 Å². The predicted octanol–water partition coefficient (Wildman–Crippen LogP) is 2.47. The first-order valence-corrected chi connectivity index (χ1v) is 10.8. The lowest BCUT2D eigenvalue weighted by atomic mass is 9.95. The van der Waals surface area contributed by atoms with E-state index >= 15 is 0 Å². The molecule has 0 bridgehead atoms. The maximum absolute atomic E-state index is 13.9. The van der Waals surface area contributed by atoms with Crippen LogP contribution in [0.25, 0.3) is 10.2 Å². The topological polar surface area (TPSA) is 74.8 Å². The fourth-order valence-electron chi connectivity index (χ4n) is 4.27. The Morgan fingerprint density at radius 2 is 2.10 bits per heavy atom. The van der Waals surface area contributed by atoms with Crippen molar-refractivity contribution in [2.24, 2.45) is 5.92 Å². The molecule has 0 aliphatic carbocycles. The Kier molecular flexibility index (Phi) is 6.26. The summed E-state index contributed by atoms with van der Waals surface area (Å²) in [7, 11) is 1.39. The molecular formula is C20H24F2N4O3S. The summed E-state index contributed by atoms with van der Waals surface area (Å²) in [5.41, 5.74) is 0.0682. The number of carbonyl (C=O) groups excluding carboxylic acids is 2. The Balaban J connectivity index is 1.36. The smallest absolute Gasteiger partial charge is 0.319 e. The lowest BCUT2D eigenvalue weighted by Gasteiger charge is -2.36. The highest BCUT2D eigenvalue weighted by Crippen LogP contribution is 2.30. The van der Waals surface area contributed by atoms with Crippen molar-refractivity contribution in [3.63, 3.8) is 0 Å². The number of likely N-dealkylation sites (tertiary alicyclic amines) is 2. The molecule has 2 unspecified atom stereocenters. The maximum atomic E-state index is 13.9. The zero-order valence-electron chi connectivity index (χ0n) is 16.7. The summed E-state index contributed by atoms with van der Waals surface area (Å²) >= 11 is 1.07. The molecule has 2 fully saturated rings. The van der Waals surface area contributed by atoms with E-state index in [1.807, 2.05) is 0 Å². The van der Waals surface area contributed by atoms with Crippen LogP contribution in [0.4, 0.5) is 13.9 Å². The number of hydrogen-bond donors (Lipinski definition) is 1. The number of piperidine rings is 1. The highest BCUT2D eigenvalue weighted by molar-refractivity contribution is 7.22. The van der Waals surface area contributed by atoms with Crippen LogP contribution in [-0.2, 0) is 14.3 Å². The van der Waals surface area contributed by atoms with Crippen molar-refractivity contribution in [2.45, 2.75) is 25.3 Å². The largest absolute Gasteiger partial charge is 0.468 e. The van der Waals surface area contributed by atoms with E-state index in [-0.39, 0.29) is 28.4 Å². The number of benzene rings is 1. The van der Waals surface area contributed by atoms with Crippen LogP contribution in [0.15, 0.2) is 12.1 Å². The van der Waals surface area contributed by atoms with Gasteiger partial charge >= 0.3 is 5.97 Å². The van der Waals surface area contributed by atoms with Crippen LogP contribution in [0, 0.1) is 17.6 Å². The van der Waals surface area contributed by atoms with E-state index in [4.69, 9.17) is 4.74 Å². The van der Waals surface area contributed by atoms with Gasteiger partial charge in [0, 0.05) is 31.7 Å². The van der Waals surface area contributed by atoms with E-state index in [2.05, 4.69) is 20.1 Å². The minimum Gasteiger partial charge on any atom is -0.468 e. The molecule has 0 saturated carbocycles. The number of amides is 1. The minimum absolute atomic E-state index is 0.0682. The third kappa shape index (κ3) is 4.60. The minimum atomic E-state index is -0.733. The second kappa shape index (κ2) is 8.91. The molecule has 2 saturated heterocycles. The summed E-state index contributed by atoms with van der Waals surface area (Å²) in [4.78, 5) is 32.8. The Labute approximate surface area is 177 Å². The van der Waals surface area contributed by atoms with E-state index < -0.39 is 11.6 Å². The molecule has 0 spiro atoms. The third-order valence-electron chi connectivity index (χ3n) is 5.81. The van der Waals surface area contributed by atoms with Gasteiger partial charge in [-0.15, -0.1) is 0 Å². The number of thiazole rings is 1. The normalized spacial score (nSPS) is 23.0. The van der Waals surface area contributed by atoms with Crippen LogP contribution in [0.5, 0.6) is 0 Å². The molecule has 162 valence electrons. The summed E-state index contributed by atoms with van der Waals surface area (Å²) in [5, 5.41) is 3.06. The van der Waals surface area contributed by atoms with Crippen molar-refractivity contribution < 1.29 is 23.1 Å². The molecule has 10 heteroatoms. The molecule has 4 rings (SSSR count). The molecule has 7 nitrogen and oxygen atoms in total. The van der Waals surface area contributed by atoms with Gasteiger partial charge in [0.1, 0.15) is 11.3 Å². The Hall–Kier alpha value is -2.17. The van der Waals surface area contributed by atoms with Crippen LogP contribution in [0.2, 0.25) is 0 Å². The number of carbonyl (C=O) groups is 2. The average molecular weight is 439 g/mol. The molecule has 0 radical (unpaired) electrons. The molecule has 1 aromatic heterocycles. The molecule has 1 aromatic carbocycles. The number of aromatic nitrogens is 1. The summed E-state index contributed by atoms with van der Waals surface area (Å²) in [6.45, 7) is 3.47. The van der Waals surface area contributed by atoms with E-state index in [9.17, 15) is 18.4 Å². The van der Waals surface area contributed by atoms with Gasteiger partial charge in [-0.1, -0.05) is 11.3 Å². The number of anilines is 1. The van der Waals surface area contributed by atoms with E-state index in [0.29, 0.717) is 23.8 Å². The predicted molar refractivity (Wildman–Crippen MR) is 109 cm³/mol. The zero-order chi connectivity index (χ0) is 21.3. The van der Waals surface area contributed by atoms with Gasteiger partial charge in [-0.05, 0) is 31.9 Å². The standard InChI is InChI=1S/C20H24F2N4O3S/c1-29-17(27)11-25-6-4-14(10-25)26-5-2-3-12(9-26)19(28)24-20-23-18-15(22)7-13(21)8-16(18)30-20/h7-8,12,14H,2-6,9-11H2,1H3,(H,23,24,28). The quantitative estimate of drug-likeness (QED) is 0.723. The molecule has 2 aliphatic heterocycles. The number of nitrogens with one attached hydrogen (secondary N) is 1.